The maximum Gasteiger partial charge on any atom is 0.244 e. The Morgan fingerprint density at radius 1 is 1.22 bits per heavy atom. The van der Waals surface area contributed by atoms with Gasteiger partial charge in [-0.1, -0.05) is 6.92 Å². The number of aromatic nitrogens is 1. The van der Waals surface area contributed by atoms with Crippen LogP contribution in [0.4, 0.5) is 0 Å². The van der Waals surface area contributed by atoms with Gasteiger partial charge < -0.3 is 9.32 Å². The first-order valence-corrected chi connectivity index (χ1v) is 8.52. The summed E-state index contributed by atoms with van der Waals surface area (Å²) >= 11 is 0. The summed E-state index contributed by atoms with van der Waals surface area (Å²) in [5.41, 5.74) is 0.502. The summed E-state index contributed by atoms with van der Waals surface area (Å²) in [4.78, 5) is 35.3. The Morgan fingerprint density at radius 3 is 2.74 bits per heavy atom. The van der Waals surface area contributed by atoms with Crippen molar-refractivity contribution in [3.63, 3.8) is 0 Å². The fourth-order valence-corrected chi connectivity index (χ4v) is 3.10. The first-order chi connectivity index (χ1) is 11.2. The lowest BCUT2D eigenvalue weighted by atomic mass is 9.97. The van der Waals surface area contributed by atoms with Crippen LogP contribution in [-0.2, 0) is 6.42 Å². The van der Waals surface area contributed by atoms with Crippen LogP contribution in [0.15, 0.2) is 9.41 Å². The molecule has 2 aliphatic rings. The monoisotopic (exact) mass is 317 g/mol. The number of rotatable bonds is 6. The number of unbranched alkanes of at least 4 members (excludes halogenated alkanes) is 1. The number of Topliss-reactive ketones (excluding diaryl/α,β-unsaturated/α-hetero) is 2. The molecule has 0 unspecified atom stereocenters. The third kappa shape index (κ3) is 3.58. The number of fused-ring (bicyclic) bond motifs is 1. The van der Waals surface area contributed by atoms with Gasteiger partial charge in [0.25, 0.3) is 0 Å². The van der Waals surface area contributed by atoms with E-state index >= 15 is 0 Å². The molecule has 1 aliphatic carbocycles. The van der Waals surface area contributed by atoms with Crippen LogP contribution in [0.3, 0.4) is 0 Å². The minimum atomic E-state index is -0.272. The maximum atomic E-state index is 12.3. The highest BCUT2D eigenvalue weighted by atomic mass is 16.4. The van der Waals surface area contributed by atoms with Crippen LogP contribution >= 0.6 is 0 Å². The minimum Gasteiger partial charge on any atom is -0.436 e. The van der Waals surface area contributed by atoms with Crippen LogP contribution in [-0.4, -0.2) is 53.3 Å². The van der Waals surface area contributed by atoms with E-state index < -0.39 is 0 Å². The van der Waals surface area contributed by atoms with Crippen LogP contribution in [0.5, 0.6) is 0 Å². The van der Waals surface area contributed by atoms with Crippen molar-refractivity contribution in [1.29, 1.82) is 0 Å². The second kappa shape index (κ2) is 7.17. The topological polar surface area (TPSA) is 75.8 Å². The average molecular weight is 317 g/mol. The van der Waals surface area contributed by atoms with Crippen LogP contribution in [0.25, 0.3) is 0 Å². The van der Waals surface area contributed by atoms with Crippen molar-refractivity contribution in [2.75, 3.05) is 26.2 Å². The first kappa shape index (κ1) is 16.1. The normalized spacial score (nSPS) is 20.5. The van der Waals surface area contributed by atoms with Gasteiger partial charge in [-0.3, -0.25) is 14.6 Å². The van der Waals surface area contributed by atoms with E-state index in [1.54, 1.807) is 0 Å². The molecule has 3 rings (SSSR count). The minimum absolute atomic E-state index is 0.0493. The molecule has 1 saturated heterocycles. The Kier molecular flexibility index (Phi) is 5.00. The zero-order valence-electron chi connectivity index (χ0n) is 13.6. The number of carbonyl (C=O) groups is 2. The van der Waals surface area contributed by atoms with Gasteiger partial charge in [-0.15, -0.1) is 0 Å². The van der Waals surface area contributed by atoms with Crippen LogP contribution in [0.1, 0.15) is 66.0 Å². The molecule has 0 N–H and O–H groups in total. The van der Waals surface area contributed by atoms with E-state index in [0.29, 0.717) is 24.6 Å². The van der Waals surface area contributed by atoms with Gasteiger partial charge in [0, 0.05) is 13.0 Å². The van der Waals surface area contributed by atoms with Gasteiger partial charge in [-0.05, 0) is 45.3 Å². The standard InChI is InChI=1S/C17H23N3O3/c1-2-14-19-15-13(21)11-12(16(22)17(15)23-14)18-7-3-4-8-20-9-5-6-10-20/h2-11H2,1H3. The number of carbonyl (C=O) groups excluding carboxylic acids is 2. The number of ketones is 2. The van der Waals surface area contributed by atoms with E-state index in [4.69, 9.17) is 4.42 Å². The van der Waals surface area contributed by atoms with Crippen molar-refractivity contribution in [2.45, 2.75) is 45.4 Å². The van der Waals surface area contributed by atoms with Gasteiger partial charge >= 0.3 is 0 Å². The molecular formula is C17H23N3O3. The molecule has 0 aromatic carbocycles. The first-order valence-electron chi connectivity index (χ1n) is 8.52. The van der Waals surface area contributed by atoms with Crippen molar-refractivity contribution in [3.05, 3.63) is 17.3 Å². The average Bonchev–Trinajstić information content (AvgIpc) is 3.21. The summed E-state index contributed by atoms with van der Waals surface area (Å²) < 4.78 is 5.39. The lowest BCUT2D eigenvalue weighted by molar-refractivity contribution is 0.0949. The summed E-state index contributed by atoms with van der Waals surface area (Å²) in [6.07, 6.45) is 5.23. The fraction of sp³-hybridized carbons (Fsp3) is 0.647. The lowest BCUT2D eigenvalue weighted by Crippen LogP contribution is -2.27. The van der Waals surface area contributed by atoms with E-state index in [1.807, 2.05) is 6.92 Å². The van der Waals surface area contributed by atoms with Crippen molar-refractivity contribution in [1.82, 2.24) is 9.88 Å². The summed E-state index contributed by atoms with van der Waals surface area (Å²) in [5, 5.41) is 0. The second-order valence-electron chi connectivity index (χ2n) is 6.15. The van der Waals surface area contributed by atoms with E-state index in [-0.39, 0.29) is 29.4 Å². The smallest absolute Gasteiger partial charge is 0.244 e. The molecule has 0 amide bonds. The predicted octanol–water partition coefficient (Wildman–Crippen LogP) is 2.32. The van der Waals surface area contributed by atoms with Crippen LogP contribution < -0.4 is 0 Å². The highest BCUT2D eigenvalue weighted by Crippen LogP contribution is 2.21. The highest BCUT2D eigenvalue weighted by molar-refractivity contribution is 6.51. The summed E-state index contributed by atoms with van der Waals surface area (Å²) in [7, 11) is 0. The molecule has 6 nitrogen and oxygen atoms in total. The number of aliphatic imine (C=N–C) groups is 1. The third-order valence-electron chi connectivity index (χ3n) is 4.42. The molecule has 1 aromatic rings. The van der Waals surface area contributed by atoms with E-state index in [9.17, 15) is 9.59 Å². The number of likely N-dealkylation sites (tertiary alicyclic amines) is 1. The Balaban J connectivity index is 1.55. The molecule has 0 radical (unpaired) electrons. The number of nitrogens with zero attached hydrogens (tertiary/aromatic N) is 3. The van der Waals surface area contributed by atoms with Gasteiger partial charge in [0.1, 0.15) is 0 Å². The summed E-state index contributed by atoms with van der Waals surface area (Å²) in [6, 6.07) is 0. The van der Waals surface area contributed by atoms with Crippen LogP contribution in [0, 0.1) is 0 Å². The fourth-order valence-electron chi connectivity index (χ4n) is 3.10. The van der Waals surface area contributed by atoms with Crippen molar-refractivity contribution >= 4 is 17.3 Å². The number of hydrogen-bond acceptors (Lipinski definition) is 6. The Morgan fingerprint density at radius 2 is 2.00 bits per heavy atom. The Bertz CT molecular complexity index is 627. The van der Waals surface area contributed by atoms with Crippen molar-refractivity contribution < 1.29 is 14.0 Å². The number of hydrogen-bond donors (Lipinski definition) is 0. The third-order valence-corrected chi connectivity index (χ3v) is 4.42. The number of oxazole rings is 1. The molecule has 6 heteroatoms. The van der Waals surface area contributed by atoms with Gasteiger partial charge in [0.05, 0.1) is 12.1 Å². The SMILES string of the molecule is CCc1nc2c(o1)C(=O)C(=NCCCCN1CCCC1)CC2=O. The Labute approximate surface area is 136 Å². The van der Waals surface area contributed by atoms with Crippen LogP contribution in [0.2, 0.25) is 0 Å². The molecule has 1 aliphatic heterocycles. The largest absolute Gasteiger partial charge is 0.436 e. The zero-order chi connectivity index (χ0) is 16.2. The van der Waals surface area contributed by atoms with Gasteiger partial charge in [-0.25, -0.2) is 4.98 Å². The highest BCUT2D eigenvalue weighted by Gasteiger charge is 2.34. The molecular weight excluding hydrogens is 294 g/mol. The quantitative estimate of drug-likeness (QED) is 0.753. The molecule has 1 aromatic heterocycles. The zero-order valence-corrected chi connectivity index (χ0v) is 13.6. The van der Waals surface area contributed by atoms with Gasteiger partial charge in [0.2, 0.25) is 11.5 Å². The lowest BCUT2D eigenvalue weighted by Gasteiger charge is -2.13. The molecule has 0 atom stereocenters. The molecule has 124 valence electrons. The molecule has 0 bridgehead atoms. The predicted molar refractivity (Wildman–Crippen MR) is 86.4 cm³/mol. The van der Waals surface area contributed by atoms with Gasteiger partial charge in [0.15, 0.2) is 17.4 Å². The maximum absolute atomic E-state index is 12.3. The van der Waals surface area contributed by atoms with Crippen molar-refractivity contribution in [3.8, 4) is 0 Å². The van der Waals surface area contributed by atoms with Crippen molar-refractivity contribution in [2.24, 2.45) is 4.99 Å². The summed E-state index contributed by atoms with van der Waals surface area (Å²) in [6.45, 7) is 5.98. The molecule has 0 saturated carbocycles. The van der Waals surface area contributed by atoms with E-state index in [0.717, 1.165) is 19.4 Å². The van der Waals surface area contributed by atoms with Gasteiger partial charge in [-0.2, -0.15) is 0 Å². The molecule has 23 heavy (non-hydrogen) atoms. The Hall–Kier alpha value is -1.82. The molecule has 1 fully saturated rings. The second-order valence-corrected chi connectivity index (χ2v) is 6.15. The summed E-state index contributed by atoms with van der Waals surface area (Å²) in [5.74, 6) is 0.0719. The number of aryl methyl sites for hydroxylation is 1. The molecule has 0 spiro atoms. The van der Waals surface area contributed by atoms with E-state index in [2.05, 4.69) is 14.9 Å². The van der Waals surface area contributed by atoms with E-state index in [1.165, 1.54) is 25.9 Å². The molecule has 2 heterocycles.